The van der Waals surface area contributed by atoms with Crippen LogP contribution >= 0.6 is 11.6 Å². The van der Waals surface area contributed by atoms with Crippen LogP contribution in [0.2, 0.25) is 0 Å². The highest BCUT2D eigenvalue weighted by Gasteiger charge is 2.46. The maximum absolute atomic E-state index is 15.7. The SMILES string of the molecule is CN(CCOc1ccc(C(=C(CCCl)c2ccc(O)cc2)c2ccc(O)cc2)cc1)Cc1ccc2c(c1F)C(=O)N(C1CCC(=O)NC1=O)C2=O. The second kappa shape index (κ2) is 15.2. The molecule has 2 aliphatic heterocycles. The zero-order valence-corrected chi connectivity index (χ0v) is 28.5. The molecular weight excluding hydrogens is 677 g/mol. The summed E-state index contributed by atoms with van der Waals surface area (Å²) in [6.07, 6.45) is 0.519. The number of allylic oxidation sites excluding steroid dienone is 1. The Morgan fingerprint density at radius 1 is 0.882 bits per heavy atom. The first kappa shape index (κ1) is 35.3. The van der Waals surface area contributed by atoms with E-state index >= 15 is 4.39 Å². The number of benzene rings is 4. The van der Waals surface area contributed by atoms with E-state index in [1.807, 2.05) is 53.4 Å². The lowest BCUT2D eigenvalue weighted by Crippen LogP contribution is -2.54. The molecule has 0 radical (unpaired) electrons. The number of carbonyl (C=O) groups is 4. The molecule has 6 rings (SSSR count). The van der Waals surface area contributed by atoms with Crippen LogP contribution in [0.3, 0.4) is 0 Å². The Kier molecular flexibility index (Phi) is 10.5. The van der Waals surface area contributed by atoms with E-state index in [0.717, 1.165) is 32.7 Å². The van der Waals surface area contributed by atoms with Gasteiger partial charge in [0, 0.05) is 31.0 Å². The summed E-state index contributed by atoms with van der Waals surface area (Å²) >= 11 is 6.25. The fourth-order valence-electron chi connectivity index (χ4n) is 6.40. The zero-order valence-electron chi connectivity index (χ0n) is 27.7. The van der Waals surface area contributed by atoms with Crippen LogP contribution in [-0.2, 0) is 16.1 Å². The van der Waals surface area contributed by atoms with Crippen molar-refractivity contribution in [1.82, 2.24) is 15.1 Å². The van der Waals surface area contributed by atoms with Gasteiger partial charge in [-0.05, 0) is 90.2 Å². The Labute approximate surface area is 298 Å². The molecule has 10 nitrogen and oxygen atoms in total. The van der Waals surface area contributed by atoms with Crippen LogP contribution in [0.5, 0.6) is 17.2 Å². The summed E-state index contributed by atoms with van der Waals surface area (Å²) in [5, 5.41) is 21.9. The number of rotatable bonds is 12. The van der Waals surface area contributed by atoms with Crippen molar-refractivity contribution in [2.75, 3.05) is 26.1 Å². The molecule has 1 unspecified atom stereocenters. The summed E-state index contributed by atoms with van der Waals surface area (Å²) in [5.74, 6) is -2.42. The van der Waals surface area contributed by atoms with Crippen molar-refractivity contribution in [3.05, 3.63) is 124 Å². The van der Waals surface area contributed by atoms with Crippen molar-refractivity contribution in [3.63, 3.8) is 0 Å². The third kappa shape index (κ3) is 7.50. The van der Waals surface area contributed by atoms with Gasteiger partial charge in [0.2, 0.25) is 11.8 Å². The molecule has 1 atom stereocenters. The predicted molar refractivity (Wildman–Crippen MR) is 189 cm³/mol. The highest BCUT2D eigenvalue weighted by Crippen LogP contribution is 2.37. The number of piperidine rings is 1. The summed E-state index contributed by atoms with van der Waals surface area (Å²) in [7, 11) is 1.78. The minimum absolute atomic E-state index is 0.0127. The number of amides is 4. The van der Waals surface area contributed by atoms with Crippen molar-refractivity contribution in [2.24, 2.45) is 0 Å². The average Bonchev–Trinajstić information content (AvgIpc) is 3.36. The monoisotopic (exact) mass is 711 g/mol. The van der Waals surface area contributed by atoms with Crippen molar-refractivity contribution in [1.29, 1.82) is 0 Å². The highest BCUT2D eigenvalue weighted by molar-refractivity contribution is 6.23. The lowest BCUT2D eigenvalue weighted by atomic mass is 9.88. The third-order valence-corrected chi connectivity index (χ3v) is 9.16. The Balaban J connectivity index is 1.13. The second-order valence-corrected chi connectivity index (χ2v) is 12.8. The maximum atomic E-state index is 15.7. The van der Waals surface area contributed by atoms with Crippen LogP contribution < -0.4 is 10.1 Å². The number of nitrogens with one attached hydrogen (secondary N) is 1. The largest absolute Gasteiger partial charge is 0.508 e. The maximum Gasteiger partial charge on any atom is 0.265 e. The van der Waals surface area contributed by atoms with E-state index in [9.17, 15) is 29.4 Å². The third-order valence-electron chi connectivity index (χ3n) is 8.97. The van der Waals surface area contributed by atoms with Crippen LogP contribution in [0.1, 0.15) is 62.2 Å². The van der Waals surface area contributed by atoms with E-state index in [-0.39, 0.29) is 54.2 Å². The number of hydrogen-bond donors (Lipinski definition) is 3. The predicted octanol–water partition coefficient (Wildman–Crippen LogP) is 5.74. The Hall–Kier alpha value is -5.52. The van der Waals surface area contributed by atoms with E-state index in [1.54, 1.807) is 31.3 Å². The fraction of sp³-hybridized carbons (Fsp3) is 0.231. The molecule has 51 heavy (non-hydrogen) atoms. The number of phenols is 2. The van der Waals surface area contributed by atoms with Crippen LogP contribution in [0.25, 0.3) is 11.1 Å². The number of imide groups is 2. The summed E-state index contributed by atoms with van der Waals surface area (Å²) in [6, 6.07) is 23.1. The minimum atomic E-state index is -1.17. The number of alkyl halides is 1. The molecule has 3 N–H and O–H groups in total. The van der Waals surface area contributed by atoms with Crippen LogP contribution in [0.15, 0.2) is 84.9 Å². The van der Waals surface area contributed by atoms with Gasteiger partial charge in [-0.1, -0.05) is 42.5 Å². The van der Waals surface area contributed by atoms with Crippen molar-refractivity contribution in [2.45, 2.75) is 31.8 Å². The first-order valence-corrected chi connectivity index (χ1v) is 16.9. The number of ether oxygens (including phenoxy) is 1. The van der Waals surface area contributed by atoms with Gasteiger partial charge >= 0.3 is 0 Å². The molecule has 0 aromatic heterocycles. The van der Waals surface area contributed by atoms with E-state index in [2.05, 4.69) is 5.32 Å². The molecule has 1 fully saturated rings. The first-order chi connectivity index (χ1) is 24.5. The molecule has 4 aromatic carbocycles. The molecule has 0 aliphatic carbocycles. The quantitative estimate of drug-likeness (QED) is 0.0963. The number of likely N-dealkylation sites (N-methyl/N-ethyl adjacent to an activating group) is 1. The summed E-state index contributed by atoms with van der Waals surface area (Å²) in [5.41, 5.74) is 4.31. The molecule has 2 heterocycles. The molecule has 0 spiro atoms. The number of nitrogens with zero attached hydrogens (tertiary/aromatic N) is 2. The summed E-state index contributed by atoms with van der Waals surface area (Å²) in [6.45, 7) is 0.810. The molecular formula is C39H35ClFN3O7. The molecule has 1 saturated heterocycles. The van der Waals surface area contributed by atoms with Gasteiger partial charge in [-0.3, -0.25) is 34.3 Å². The van der Waals surface area contributed by atoms with Gasteiger partial charge in [-0.25, -0.2) is 4.39 Å². The lowest BCUT2D eigenvalue weighted by molar-refractivity contribution is -0.136. The molecule has 12 heteroatoms. The van der Waals surface area contributed by atoms with Crippen molar-refractivity contribution < 1.29 is 38.5 Å². The van der Waals surface area contributed by atoms with E-state index in [4.69, 9.17) is 16.3 Å². The Bertz CT molecular complexity index is 2010. The second-order valence-electron chi connectivity index (χ2n) is 12.4. The normalized spacial score (nSPS) is 16.3. The van der Waals surface area contributed by atoms with Gasteiger partial charge in [0.1, 0.15) is 35.7 Å². The number of fused-ring (bicyclic) bond motifs is 1. The van der Waals surface area contributed by atoms with Gasteiger partial charge in [0.05, 0.1) is 11.1 Å². The number of aromatic hydroxyl groups is 2. The van der Waals surface area contributed by atoms with Gasteiger partial charge in [0.15, 0.2) is 0 Å². The summed E-state index contributed by atoms with van der Waals surface area (Å²) in [4.78, 5) is 52.6. The number of hydrogen-bond acceptors (Lipinski definition) is 8. The van der Waals surface area contributed by atoms with Gasteiger partial charge in [-0.2, -0.15) is 0 Å². The number of phenolic OH excluding ortho intramolecular Hbond substituents is 2. The number of carbonyl (C=O) groups excluding carboxylic acids is 4. The summed E-state index contributed by atoms with van der Waals surface area (Å²) < 4.78 is 21.7. The smallest absolute Gasteiger partial charge is 0.265 e. The van der Waals surface area contributed by atoms with Crippen LogP contribution in [-0.4, -0.2) is 75.8 Å². The fourth-order valence-corrected chi connectivity index (χ4v) is 6.59. The molecule has 4 amide bonds. The van der Waals surface area contributed by atoms with Crippen molar-refractivity contribution in [3.8, 4) is 17.2 Å². The van der Waals surface area contributed by atoms with E-state index < -0.39 is 35.5 Å². The van der Waals surface area contributed by atoms with Gasteiger partial charge < -0.3 is 14.9 Å². The Morgan fingerprint density at radius 3 is 2.10 bits per heavy atom. The van der Waals surface area contributed by atoms with Gasteiger partial charge in [0.25, 0.3) is 11.8 Å². The Morgan fingerprint density at radius 2 is 1.49 bits per heavy atom. The standard InChI is InChI=1S/C39H35ClFN3O7/c1-43(22-26-8-15-31-35(36(26)41)39(50)44(38(31)49)32-16-17-33(47)42-37(32)48)20-21-51-29-13-6-25(7-14-29)34(24-4-11-28(46)12-5-24)30(18-19-40)23-2-9-27(45)10-3-23/h2-15,32,45-46H,16-22H2,1H3,(H,42,47,48). The van der Waals surface area contributed by atoms with Crippen molar-refractivity contribution >= 4 is 46.4 Å². The van der Waals surface area contributed by atoms with Crippen LogP contribution in [0.4, 0.5) is 4.39 Å². The van der Waals surface area contributed by atoms with E-state index in [1.165, 1.54) is 12.1 Å². The molecule has 0 saturated carbocycles. The molecule has 262 valence electrons. The van der Waals surface area contributed by atoms with Crippen LogP contribution in [0, 0.1) is 5.82 Å². The zero-order chi connectivity index (χ0) is 36.2. The van der Waals surface area contributed by atoms with Gasteiger partial charge in [-0.15, -0.1) is 11.6 Å². The minimum Gasteiger partial charge on any atom is -0.508 e. The average molecular weight is 712 g/mol. The molecule has 0 bridgehead atoms. The highest BCUT2D eigenvalue weighted by atomic mass is 35.5. The molecule has 2 aliphatic rings. The topological polar surface area (TPSA) is 136 Å². The lowest BCUT2D eigenvalue weighted by Gasteiger charge is -2.27. The van der Waals surface area contributed by atoms with E-state index in [0.29, 0.717) is 24.6 Å². The molecule has 4 aromatic rings. The first-order valence-electron chi connectivity index (χ1n) is 16.4. The number of halogens is 2.